The minimum atomic E-state index is -3.93. The molecule has 1 aliphatic heterocycles. The lowest BCUT2D eigenvalue weighted by molar-refractivity contribution is 0.0950. The SMILES string of the molecule is CCN(CC)CCNC(=O)c1sccc1S(=O)(=O)NCc1nc(N2CCCC2)c2ccccc2n1. The van der Waals surface area contributed by atoms with Gasteiger partial charge in [0, 0.05) is 31.6 Å². The highest BCUT2D eigenvalue weighted by Crippen LogP contribution is 2.27. The zero-order valence-corrected chi connectivity index (χ0v) is 21.8. The third kappa shape index (κ3) is 5.97. The van der Waals surface area contributed by atoms with E-state index < -0.39 is 10.0 Å². The van der Waals surface area contributed by atoms with Gasteiger partial charge in [0.05, 0.1) is 12.1 Å². The number of benzene rings is 1. The van der Waals surface area contributed by atoms with Crippen LogP contribution in [0.5, 0.6) is 0 Å². The highest BCUT2D eigenvalue weighted by molar-refractivity contribution is 7.89. The second-order valence-corrected chi connectivity index (χ2v) is 11.0. The largest absolute Gasteiger partial charge is 0.356 e. The van der Waals surface area contributed by atoms with Gasteiger partial charge in [0.2, 0.25) is 10.0 Å². The molecular formula is C24H32N6O3S2. The van der Waals surface area contributed by atoms with E-state index in [2.05, 4.69) is 38.7 Å². The average Bonchev–Trinajstić information content (AvgIpc) is 3.58. The van der Waals surface area contributed by atoms with Crippen LogP contribution in [0, 0.1) is 0 Å². The van der Waals surface area contributed by atoms with Crippen molar-refractivity contribution in [2.45, 2.75) is 38.1 Å². The Kier molecular flexibility index (Phi) is 8.32. The Morgan fingerprint density at radius 3 is 2.60 bits per heavy atom. The summed E-state index contributed by atoms with van der Waals surface area (Å²) in [7, 11) is -3.93. The average molecular weight is 517 g/mol. The molecule has 1 aliphatic rings. The highest BCUT2D eigenvalue weighted by atomic mass is 32.2. The predicted octanol–water partition coefficient (Wildman–Crippen LogP) is 2.84. The Morgan fingerprint density at radius 2 is 1.86 bits per heavy atom. The van der Waals surface area contributed by atoms with Crippen LogP contribution in [-0.4, -0.2) is 68.5 Å². The van der Waals surface area contributed by atoms with Gasteiger partial charge in [-0.25, -0.2) is 23.1 Å². The van der Waals surface area contributed by atoms with E-state index in [4.69, 9.17) is 4.98 Å². The number of fused-ring (bicyclic) bond motifs is 1. The minimum Gasteiger partial charge on any atom is -0.356 e. The molecule has 1 aromatic carbocycles. The van der Waals surface area contributed by atoms with Crippen molar-refractivity contribution in [3.05, 3.63) is 46.4 Å². The van der Waals surface area contributed by atoms with E-state index in [0.717, 1.165) is 67.1 Å². The fourth-order valence-electron chi connectivity index (χ4n) is 4.22. The molecule has 0 radical (unpaired) electrons. The quantitative estimate of drug-likeness (QED) is 0.404. The molecule has 2 N–H and O–H groups in total. The lowest BCUT2D eigenvalue weighted by Gasteiger charge is -2.19. The molecule has 0 spiro atoms. The summed E-state index contributed by atoms with van der Waals surface area (Å²) >= 11 is 1.11. The first-order chi connectivity index (χ1) is 16.9. The lowest BCUT2D eigenvalue weighted by Crippen LogP contribution is -2.35. The van der Waals surface area contributed by atoms with E-state index in [1.165, 1.54) is 6.07 Å². The number of aromatic nitrogens is 2. The molecule has 0 unspecified atom stereocenters. The molecule has 11 heteroatoms. The number of anilines is 1. The number of carbonyl (C=O) groups is 1. The van der Waals surface area contributed by atoms with E-state index in [-0.39, 0.29) is 22.2 Å². The first kappa shape index (κ1) is 25.5. The molecular weight excluding hydrogens is 484 g/mol. The van der Waals surface area contributed by atoms with Gasteiger partial charge in [-0.2, -0.15) is 0 Å². The maximum absolute atomic E-state index is 13.1. The molecule has 188 valence electrons. The van der Waals surface area contributed by atoms with E-state index in [1.807, 2.05) is 24.3 Å². The van der Waals surface area contributed by atoms with Gasteiger partial charge in [0.25, 0.3) is 5.91 Å². The summed E-state index contributed by atoms with van der Waals surface area (Å²) in [5.41, 5.74) is 0.780. The van der Waals surface area contributed by atoms with E-state index in [1.54, 1.807) is 5.38 Å². The van der Waals surface area contributed by atoms with Crippen molar-refractivity contribution in [1.29, 1.82) is 0 Å². The summed E-state index contributed by atoms with van der Waals surface area (Å²) in [4.78, 5) is 26.5. The fraction of sp³-hybridized carbons (Fsp3) is 0.458. The van der Waals surface area contributed by atoms with Gasteiger partial charge in [0.15, 0.2) is 0 Å². The van der Waals surface area contributed by atoms with Crippen LogP contribution in [0.2, 0.25) is 0 Å². The van der Waals surface area contributed by atoms with Crippen molar-refractivity contribution < 1.29 is 13.2 Å². The summed E-state index contributed by atoms with van der Waals surface area (Å²) in [6.07, 6.45) is 2.22. The Balaban J connectivity index is 1.48. The van der Waals surface area contributed by atoms with Crippen LogP contribution in [0.4, 0.5) is 5.82 Å². The van der Waals surface area contributed by atoms with Crippen molar-refractivity contribution in [1.82, 2.24) is 24.9 Å². The summed E-state index contributed by atoms with van der Waals surface area (Å²) < 4.78 is 28.8. The van der Waals surface area contributed by atoms with Gasteiger partial charge in [-0.1, -0.05) is 26.0 Å². The number of para-hydroxylation sites is 1. The maximum atomic E-state index is 13.1. The second-order valence-electron chi connectivity index (χ2n) is 8.40. The van der Waals surface area contributed by atoms with E-state index in [9.17, 15) is 13.2 Å². The topological polar surface area (TPSA) is 108 Å². The molecule has 35 heavy (non-hydrogen) atoms. The number of amides is 1. The molecule has 9 nitrogen and oxygen atoms in total. The summed E-state index contributed by atoms with van der Waals surface area (Å²) in [5, 5.41) is 5.41. The third-order valence-electron chi connectivity index (χ3n) is 6.19. The molecule has 0 aliphatic carbocycles. The smallest absolute Gasteiger partial charge is 0.262 e. The monoisotopic (exact) mass is 516 g/mol. The van der Waals surface area contributed by atoms with Crippen LogP contribution in [0.3, 0.4) is 0 Å². The van der Waals surface area contributed by atoms with Crippen molar-refractivity contribution >= 4 is 44.0 Å². The molecule has 1 amide bonds. The Bertz CT molecular complexity index is 1270. The Labute approximate surface area is 210 Å². The molecule has 3 aromatic rings. The molecule has 1 fully saturated rings. The van der Waals surface area contributed by atoms with Crippen molar-refractivity contribution in [3.8, 4) is 0 Å². The number of carbonyl (C=O) groups excluding carboxylic acids is 1. The standard InChI is InChI=1S/C24H32N6O3S2/c1-3-29(4-2)15-12-25-24(31)22-20(11-16-34-22)35(32,33)26-17-21-27-19-10-6-5-9-18(19)23(28-21)30-13-7-8-14-30/h5-6,9-11,16,26H,3-4,7-8,12-15,17H2,1-2H3,(H,25,31). The van der Waals surface area contributed by atoms with Gasteiger partial charge >= 0.3 is 0 Å². The Morgan fingerprint density at radius 1 is 1.11 bits per heavy atom. The molecule has 3 heterocycles. The molecule has 0 bridgehead atoms. The fourth-order valence-corrected chi connectivity index (χ4v) is 6.54. The van der Waals surface area contributed by atoms with Crippen LogP contribution in [-0.2, 0) is 16.6 Å². The van der Waals surface area contributed by atoms with Gasteiger partial charge in [-0.15, -0.1) is 11.3 Å². The van der Waals surface area contributed by atoms with Gasteiger partial charge < -0.3 is 15.1 Å². The number of nitrogens with zero attached hydrogens (tertiary/aromatic N) is 4. The van der Waals surface area contributed by atoms with Crippen molar-refractivity contribution in [2.24, 2.45) is 0 Å². The highest BCUT2D eigenvalue weighted by Gasteiger charge is 2.25. The molecule has 1 saturated heterocycles. The minimum absolute atomic E-state index is 0.0246. The maximum Gasteiger partial charge on any atom is 0.262 e. The van der Waals surface area contributed by atoms with Crippen LogP contribution in [0.1, 0.15) is 42.2 Å². The number of nitrogens with one attached hydrogen (secondary N) is 2. The lowest BCUT2D eigenvalue weighted by atomic mass is 10.2. The number of thiophene rings is 1. The Hall–Kier alpha value is -2.60. The number of rotatable bonds is 11. The first-order valence-electron chi connectivity index (χ1n) is 12.0. The second kappa shape index (κ2) is 11.4. The van der Waals surface area contributed by atoms with Gasteiger partial charge in [-0.05, 0) is 49.5 Å². The van der Waals surface area contributed by atoms with Gasteiger partial charge in [-0.3, -0.25) is 4.79 Å². The third-order valence-corrected chi connectivity index (χ3v) is 8.67. The van der Waals surface area contributed by atoms with Crippen LogP contribution < -0.4 is 14.9 Å². The number of sulfonamides is 1. The van der Waals surface area contributed by atoms with E-state index in [0.29, 0.717) is 18.9 Å². The molecule has 2 aromatic heterocycles. The van der Waals surface area contributed by atoms with Crippen molar-refractivity contribution in [3.63, 3.8) is 0 Å². The van der Waals surface area contributed by atoms with Crippen LogP contribution >= 0.6 is 11.3 Å². The zero-order chi connectivity index (χ0) is 24.8. The first-order valence-corrected chi connectivity index (χ1v) is 14.4. The summed E-state index contributed by atoms with van der Waals surface area (Å²) in [6.45, 7) is 8.87. The number of hydrogen-bond acceptors (Lipinski definition) is 8. The molecule has 0 saturated carbocycles. The summed E-state index contributed by atoms with van der Waals surface area (Å²) in [6, 6.07) is 9.23. The molecule has 4 rings (SSSR count). The summed E-state index contributed by atoms with van der Waals surface area (Å²) in [5.74, 6) is 0.853. The molecule has 0 atom stereocenters. The predicted molar refractivity (Wildman–Crippen MR) is 139 cm³/mol. The number of likely N-dealkylation sites (N-methyl/N-ethyl adjacent to an activating group) is 1. The zero-order valence-electron chi connectivity index (χ0n) is 20.2. The van der Waals surface area contributed by atoms with Gasteiger partial charge in [0.1, 0.15) is 21.4 Å². The van der Waals surface area contributed by atoms with Crippen LogP contribution in [0.15, 0.2) is 40.6 Å². The van der Waals surface area contributed by atoms with E-state index >= 15 is 0 Å². The normalized spacial score (nSPS) is 14.2. The number of hydrogen-bond donors (Lipinski definition) is 2. The van der Waals surface area contributed by atoms with Crippen molar-refractivity contribution in [2.75, 3.05) is 44.2 Å². The van der Waals surface area contributed by atoms with Crippen LogP contribution in [0.25, 0.3) is 10.9 Å².